The first-order valence-electron chi connectivity index (χ1n) is 14.8. The van der Waals surface area contributed by atoms with Crippen molar-refractivity contribution < 1.29 is 0 Å². The van der Waals surface area contributed by atoms with Crippen LogP contribution in [0.15, 0.2) is 12.2 Å². The van der Waals surface area contributed by atoms with Crippen LogP contribution >= 0.6 is 12.6 Å². The molecule has 32 heavy (non-hydrogen) atoms. The van der Waals surface area contributed by atoms with Gasteiger partial charge in [-0.15, -0.1) is 0 Å². The molecular weight excluding hydrogens is 406 g/mol. The molecule has 0 spiro atoms. The van der Waals surface area contributed by atoms with E-state index in [4.69, 9.17) is 5.73 Å². The SMILES string of the molecule is CCCCCCCCC=CCCCCCCCCN.CCCCCCCCCCCCS. The van der Waals surface area contributed by atoms with Crippen molar-refractivity contribution in [2.24, 2.45) is 5.73 Å². The topological polar surface area (TPSA) is 26.0 Å². The summed E-state index contributed by atoms with van der Waals surface area (Å²) in [6.45, 7) is 5.42. The number of hydrogen-bond acceptors (Lipinski definition) is 2. The second kappa shape index (κ2) is 35.6. The highest BCUT2D eigenvalue weighted by Gasteiger charge is 1.92. The summed E-state index contributed by atoms with van der Waals surface area (Å²) in [5.41, 5.74) is 5.47. The van der Waals surface area contributed by atoms with E-state index in [1.807, 2.05) is 0 Å². The van der Waals surface area contributed by atoms with Gasteiger partial charge in [-0.1, -0.05) is 142 Å². The predicted octanol–water partition coefficient (Wildman–Crippen LogP) is 10.8. The number of allylic oxidation sites excluding steroid dienone is 2. The van der Waals surface area contributed by atoms with E-state index < -0.39 is 0 Å². The van der Waals surface area contributed by atoms with Crippen LogP contribution in [0.5, 0.6) is 0 Å². The Kier molecular flexibility index (Phi) is 38.1. The van der Waals surface area contributed by atoms with Gasteiger partial charge in [0.15, 0.2) is 0 Å². The van der Waals surface area contributed by atoms with Crippen molar-refractivity contribution in [3.8, 4) is 0 Å². The van der Waals surface area contributed by atoms with E-state index in [1.54, 1.807) is 0 Å². The maximum atomic E-state index is 5.47. The summed E-state index contributed by atoms with van der Waals surface area (Å²) in [6, 6.07) is 0. The van der Waals surface area contributed by atoms with Gasteiger partial charge in [-0.2, -0.15) is 12.6 Å². The molecule has 2 heteroatoms. The highest BCUT2D eigenvalue weighted by molar-refractivity contribution is 7.80. The third-order valence-corrected chi connectivity index (χ3v) is 6.54. The normalized spacial score (nSPS) is 11.1. The molecule has 2 N–H and O–H groups in total. The number of thiol groups is 1. The lowest BCUT2D eigenvalue weighted by atomic mass is 10.1. The molecule has 194 valence electrons. The Labute approximate surface area is 210 Å². The fourth-order valence-corrected chi connectivity index (χ4v) is 4.21. The summed E-state index contributed by atoms with van der Waals surface area (Å²) in [5, 5.41) is 0. The van der Waals surface area contributed by atoms with Crippen LogP contribution in [0.4, 0.5) is 0 Å². The zero-order chi connectivity index (χ0) is 23.8. The van der Waals surface area contributed by atoms with Crippen molar-refractivity contribution in [2.45, 2.75) is 168 Å². The smallest absolute Gasteiger partial charge is 0.00773 e. The Bertz CT molecular complexity index is 306. The Hall–Kier alpha value is 0.0500. The molecule has 0 unspecified atom stereocenters. The van der Waals surface area contributed by atoms with Gasteiger partial charge >= 0.3 is 0 Å². The second-order valence-corrected chi connectivity index (χ2v) is 10.1. The van der Waals surface area contributed by atoms with Gasteiger partial charge in [-0.3, -0.25) is 0 Å². The standard InChI is InChI=1S/C18H37N.C12H26S/c1-2-3-4-5-6-7-8-9-10-11-12-13-14-15-16-17-18-19;1-2-3-4-5-6-7-8-9-10-11-12-13/h9-10H,2-8,11-19H2,1H3;13H,2-12H2,1H3. The molecule has 0 rings (SSSR count). The maximum absolute atomic E-state index is 5.47. The van der Waals surface area contributed by atoms with Gasteiger partial charge in [0.05, 0.1) is 0 Å². The first kappa shape index (κ1) is 34.2. The molecule has 0 fully saturated rings. The lowest BCUT2D eigenvalue weighted by Crippen LogP contribution is -1.97. The van der Waals surface area contributed by atoms with E-state index in [0.29, 0.717) is 0 Å². The summed E-state index contributed by atoms with van der Waals surface area (Å²) in [4.78, 5) is 0. The van der Waals surface area contributed by atoms with E-state index >= 15 is 0 Å². The van der Waals surface area contributed by atoms with Crippen LogP contribution in [0.3, 0.4) is 0 Å². The predicted molar refractivity (Wildman–Crippen MR) is 154 cm³/mol. The van der Waals surface area contributed by atoms with E-state index in [0.717, 1.165) is 12.3 Å². The minimum absolute atomic E-state index is 0.862. The molecule has 0 bridgehead atoms. The molecule has 0 saturated heterocycles. The molecule has 0 aliphatic rings. The number of rotatable bonds is 25. The highest BCUT2D eigenvalue weighted by atomic mass is 32.1. The molecule has 0 aromatic carbocycles. The summed E-state index contributed by atoms with van der Waals surface area (Å²) in [5.74, 6) is 1.07. The van der Waals surface area contributed by atoms with Crippen molar-refractivity contribution in [3.05, 3.63) is 12.2 Å². The third-order valence-electron chi connectivity index (χ3n) is 6.23. The molecule has 0 radical (unpaired) electrons. The van der Waals surface area contributed by atoms with Crippen molar-refractivity contribution in [3.63, 3.8) is 0 Å². The minimum Gasteiger partial charge on any atom is -0.330 e. The quantitative estimate of drug-likeness (QED) is 0.0775. The Balaban J connectivity index is 0. The fraction of sp³-hybridized carbons (Fsp3) is 0.933. The number of nitrogens with two attached hydrogens (primary N) is 1. The second-order valence-electron chi connectivity index (χ2n) is 9.63. The van der Waals surface area contributed by atoms with Crippen molar-refractivity contribution >= 4 is 12.6 Å². The Morgan fingerprint density at radius 3 is 1.09 bits per heavy atom. The van der Waals surface area contributed by atoms with Crippen LogP contribution in [0.1, 0.15) is 168 Å². The van der Waals surface area contributed by atoms with Crippen LogP contribution in [0.25, 0.3) is 0 Å². The monoisotopic (exact) mass is 469 g/mol. The van der Waals surface area contributed by atoms with Crippen molar-refractivity contribution in [2.75, 3.05) is 12.3 Å². The first-order valence-corrected chi connectivity index (χ1v) is 15.4. The largest absolute Gasteiger partial charge is 0.330 e. The zero-order valence-corrected chi connectivity index (χ0v) is 23.5. The van der Waals surface area contributed by atoms with E-state index in [2.05, 4.69) is 38.6 Å². The lowest BCUT2D eigenvalue weighted by Gasteiger charge is -2.00. The van der Waals surface area contributed by atoms with Crippen molar-refractivity contribution in [1.29, 1.82) is 0 Å². The summed E-state index contributed by atoms with van der Waals surface area (Å²) >= 11 is 4.20. The van der Waals surface area contributed by atoms with Crippen LogP contribution in [0.2, 0.25) is 0 Å². The van der Waals surface area contributed by atoms with E-state index in [-0.39, 0.29) is 0 Å². The molecule has 1 nitrogen and oxygen atoms in total. The van der Waals surface area contributed by atoms with E-state index in [1.165, 1.54) is 154 Å². The third kappa shape index (κ3) is 37.4. The molecule has 0 heterocycles. The molecule has 0 aliphatic carbocycles. The molecule has 0 amide bonds. The van der Waals surface area contributed by atoms with Gasteiger partial charge in [0, 0.05) is 0 Å². The summed E-state index contributed by atoms with van der Waals surface area (Å²) in [6.07, 6.45) is 38.1. The molecule has 0 atom stereocenters. The van der Waals surface area contributed by atoms with Crippen LogP contribution < -0.4 is 5.73 Å². The van der Waals surface area contributed by atoms with Gasteiger partial charge in [0.25, 0.3) is 0 Å². The van der Waals surface area contributed by atoms with Gasteiger partial charge < -0.3 is 5.73 Å². The van der Waals surface area contributed by atoms with Gasteiger partial charge in [-0.25, -0.2) is 0 Å². The average molecular weight is 470 g/mol. The zero-order valence-electron chi connectivity index (χ0n) is 22.6. The molecule has 0 aliphatic heterocycles. The Morgan fingerprint density at radius 2 is 0.750 bits per heavy atom. The lowest BCUT2D eigenvalue weighted by molar-refractivity contribution is 0.563. The maximum Gasteiger partial charge on any atom is -0.00773 e. The van der Waals surface area contributed by atoms with Gasteiger partial charge in [0.1, 0.15) is 0 Å². The molecule has 0 aromatic heterocycles. The molecule has 0 aromatic rings. The number of hydrogen-bond donors (Lipinski definition) is 2. The molecular formula is C30H63NS. The van der Waals surface area contributed by atoms with Crippen LogP contribution in [0, 0.1) is 0 Å². The van der Waals surface area contributed by atoms with Crippen molar-refractivity contribution in [1.82, 2.24) is 0 Å². The minimum atomic E-state index is 0.862. The Morgan fingerprint density at radius 1 is 0.438 bits per heavy atom. The average Bonchev–Trinajstić information content (AvgIpc) is 2.81. The summed E-state index contributed by atoms with van der Waals surface area (Å²) < 4.78 is 0. The summed E-state index contributed by atoms with van der Waals surface area (Å²) in [7, 11) is 0. The first-order chi connectivity index (χ1) is 15.8. The van der Waals surface area contributed by atoms with Crippen LogP contribution in [-0.4, -0.2) is 12.3 Å². The highest BCUT2D eigenvalue weighted by Crippen LogP contribution is 2.11. The van der Waals surface area contributed by atoms with Gasteiger partial charge in [-0.05, 0) is 50.8 Å². The van der Waals surface area contributed by atoms with Gasteiger partial charge in [0.2, 0.25) is 0 Å². The fourth-order valence-electron chi connectivity index (χ4n) is 3.99. The molecule has 0 saturated carbocycles. The van der Waals surface area contributed by atoms with Crippen LogP contribution in [-0.2, 0) is 0 Å². The number of unbranched alkanes of at least 4 members (excludes halogenated alkanes) is 21. The van der Waals surface area contributed by atoms with E-state index in [9.17, 15) is 0 Å².